The van der Waals surface area contributed by atoms with E-state index in [9.17, 15) is 19.7 Å². The zero-order valence-corrected chi connectivity index (χ0v) is 16.9. The quantitative estimate of drug-likeness (QED) is 0.314. The van der Waals surface area contributed by atoms with Crippen molar-refractivity contribution in [3.05, 3.63) is 50.4 Å². The van der Waals surface area contributed by atoms with Crippen LogP contribution in [0.2, 0.25) is 0 Å². The van der Waals surface area contributed by atoms with Gasteiger partial charge in [-0.1, -0.05) is 6.42 Å². The fraction of sp³-hybridized carbons (Fsp3) is 0.400. The summed E-state index contributed by atoms with van der Waals surface area (Å²) in [5.41, 5.74) is 1.39. The lowest BCUT2D eigenvalue weighted by atomic mass is 10.1. The van der Waals surface area contributed by atoms with Crippen molar-refractivity contribution in [2.24, 2.45) is 0 Å². The zero-order chi connectivity index (χ0) is 20.8. The Kier molecular flexibility index (Phi) is 6.82. The van der Waals surface area contributed by atoms with Gasteiger partial charge in [-0.2, -0.15) is 0 Å². The van der Waals surface area contributed by atoms with Gasteiger partial charge in [-0.15, -0.1) is 11.3 Å². The Morgan fingerprint density at radius 2 is 1.90 bits per heavy atom. The van der Waals surface area contributed by atoms with Crippen molar-refractivity contribution >= 4 is 33.9 Å². The number of carbonyl (C=O) groups is 2. The lowest BCUT2D eigenvalue weighted by Crippen LogP contribution is -2.21. The number of rotatable bonds is 7. The summed E-state index contributed by atoms with van der Waals surface area (Å²) >= 11 is 1.42. The number of fused-ring (bicyclic) bond motifs is 1. The van der Waals surface area contributed by atoms with Gasteiger partial charge in [0.25, 0.3) is 11.6 Å². The molecule has 0 saturated heterocycles. The normalized spacial score (nSPS) is 13.1. The summed E-state index contributed by atoms with van der Waals surface area (Å²) in [6.45, 7) is 1.74. The van der Waals surface area contributed by atoms with Crippen LogP contribution in [0.15, 0.2) is 24.3 Å². The van der Waals surface area contributed by atoms with Gasteiger partial charge in [0, 0.05) is 17.0 Å². The van der Waals surface area contributed by atoms with E-state index >= 15 is 0 Å². The Balaban J connectivity index is 1.70. The molecule has 0 atom stereocenters. The Bertz CT molecular complexity index is 906. The minimum absolute atomic E-state index is 0.0547. The Morgan fingerprint density at radius 1 is 1.17 bits per heavy atom. The summed E-state index contributed by atoms with van der Waals surface area (Å²) in [6.07, 6.45) is 4.88. The molecule has 154 valence electrons. The number of benzene rings is 1. The maximum atomic E-state index is 12.5. The molecule has 0 spiro atoms. The molecule has 0 aliphatic heterocycles. The standard InChI is InChI=1S/C20H22N2O6S/c1-2-27-20(24)18-15-6-4-3-5-7-16(15)29-19(18)21-17(23)12-28-14-10-8-13(9-11-14)22(25)26/h8-11H,2-7,12H2,1H3,(H,21,23). The number of non-ortho nitro benzene ring substituents is 1. The Morgan fingerprint density at radius 3 is 2.59 bits per heavy atom. The van der Waals surface area contributed by atoms with Crippen molar-refractivity contribution in [3.63, 3.8) is 0 Å². The third-order valence-corrected chi connectivity index (χ3v) is 5.78. The van der Waals surface area contributed by atoms with E-state index in [2.05, 4.69) is 5.32 Å². The highest BCUT2D eigenvalue weighted by Crippen LogP contribution is 2.38. The van der Waals surface area contributed by atoms with E-state index in [1.165, 1.54) is 35.6 Å². The lowest BCUT2D eigenvalue weighted by molar-refractivity contribution is -0.384. The summed E-state index contributed by atoms with van der Waals surface area (Å²) in [5.74, 6) is -0.484. The van der Waals surface area contributed by atoms with Gasteiger partial charge < -0.3 is 14.8 Å². The molecule has 0 unspecified atom stereocenters. The first-order chi connectivity index (χ1) is 14.0. The maximum Gasteiger partial charge on any atom is 0.341 e. The van der Waals surface area contributed by atoms with E-state index in [4.69, 9.17) is 9.47 Å². The first kappa shape index (κ1) is 20.8. The molecule has 1 amide bonds. The van der Waals surface area contributed by atoms with Crippen LogP contribution in [0.3, 0.4) is 0 Å². The van der Waals surface area contributed by atoms with Crippen LogP contribution in [-0.4, -0.2) is 30.0 Å². The molecule has 1 heterocycles. The Labute approximate surface area is 172 Å². The van der Waals surface area contributed by atoms with E-state index < -0.39 is 16.8 Å². The number of thiophene rings is 1. The molecule has 9 heteroatoms. The maximum absolute atomic E-state index is 12.5. The third kappa shape index (κ3) is 5.11. The fourth-order valence-electron chi connectivity index (χ4n) is 3.23. The number of nitro groups is 1. The van der Waals surface area contributed by atoms with Crippen LogP contribution in [0, 0.1) is 10.1 Å². The zero-order valence-electron chi connectivity index (χ0n) is 16.1. The highest BCUT2D eigenvalue weighted by Gasteiger charge is 2.26. The minimum atomic E-state index is -0.506. The van der Waals surface area contributed by atoms with Crippen molar-refractivity contribution < 1.29 is 24.0 Å². The molecule has 2 aromatic rings. The molecule has 1 aliphatic rings. The SMILES string of the molecule is CCOC(=O)c1c(NC(=O)COc2ccc([N+](=O)[O-])cc2)sc2c1CCCCC2. The number of ether oxygens (including phenoxy) is 2. The Hall–Kier alpha value is -2.94. The van der Waals surface area contributed by atoms with Gasteiger partial charge in [-0.25, -0.2) is 4.79 Å². The van der Waals surface area contributed by atoms with Crippen LogP contribution in [0.5, 0.6) is 5.75 Å². The first-order valence-corrected chi connectivity index (χ1v) is 10.3. The number of hydrogen-bond acceptors (Lipinski definition) is 7. The fourth-order valence-corrected chi connectivity index (χ4v) is 4.52. The number of nitrogens with one attached hydrogen (secondary N) is 1. The lowest BCUT2D eigenvalue weighted by Gasteiger charge is -2.09. The molecule has 0 bridgehead atoms. The van der Waals surface area contributed by atoms with Crippen molar-refractivity contribution in [1.29, 1.82) is 0 Å². The molecule has 1 aliphatic carbocycles. The highest BCUT2D eigenvalue weighted by atomic mass is 32.1. The summed E-state index contributed by atoms with van der Waals surface area (Å²) in [6, 6.07) is 5.48. The molecule has 1 aromatic heterocycles. The number of hydrogen-bond donors (Lipinski definition) is 1. The van der Waals surface area contributed by atoms with Crippen LogP contribution in [0.1, 0.15) is 47.0 Å². The van der Waals surface area contributed by atoms with E-state index in [-0.39, 0.29) is 18.9 Å². The molecule has 8 nitrogen and oxygen atoms in total. The number of aryl methyl sites for hydroxylation is 1. The summed E-state index contributed by atoms with van der Waals surface area (Å²) < 4.78 is 10.6. The second-order valence-corrected chi connectivity index (χ2v) is 7.68. The topological polar surface area (TPSA) is 108 Å². The van der Waals surface area contributed by atoms with E-state index in [1.807, 2.05) is 0 Å². The van der Waals surface area contributed by atoms with Gasteiger partial charge in [0.2, 0.25) is 0 Å². The molecule has 1 N–H and O–H groups in total. The number of anilines is 1. The van der Waals surface area contributed by atoms with Gasteiger partial charge in [0.1, 0.15) is 10.8 Å². The summed E-state index contributed by atoms with van der Waals surface area (Å²) in [4.78, 5) is 36.2. The predicted octanol–water partition coefficient (Wildman–Crippen LogP) is 4.12. The first-order valence-electron chi connectivity index (χ1n) is 9.48. The molecule has 1 aromatic carbocycles. The van der Waals surface area contributed by atoms with Crippen LogP contribution in [0.4, 0.5) is 10.7 Å². The molecule has 29 heavy (non-hydrogen) atoms. The molecular weight excluding hydrogens is 396 g/mol. The number of amides is 1. The molecular formula is C20H22N2O6S. The molecule has 3 rings (SSSR count). The number of esters is 1. The summed E-state index contributed by atoms with van der Waals surface area (Å²) in [5, 5.41) is 13.9. The number of nitrogens with zero attached hydrogens (tertiary/aromatic N) is 1. The average molecular weight is 418 g/mol. The molecule has 0 radical (unpaired) electrons. The minimum Gasteiger partial charge on any atom is -0.484 e. The van der Waals surface area contributed by atoms with E-state index in [0.717, 1.165) is 42.5 Å². The second kappa shape index (κ2) is 9.51. The second-order valence-electron chi connectivity index (χ2n) is 6.58. The third-order valence-electron chi connectivity index (χ3n) is 4.57. The van der Waals surface area contributed by atoms with Crippen molar-refractivity contribution in [2.75, 3.05) is 18.5 Å². The molecule has 0 fully saturated rings. The average Bonchev–Trinajstić information content (AvgIpc) is 2.87. The van der Waals surface area contributed by atoms with Gasteiger partial charge in [-0.05, 0) is 50.3 Å². The molecule has 0 saturated carbocycles. The van der Waals surface area contributed by atoms with Crippen molar-refractivity contribution in [3.8, 4) is 5.75 Å². The van der Waals surface area contributed by atoms with Crippen molar-refractivity contribution in [2.45, 2.75) is 39.0 Å². The highest BCUT2D eigenvalue weighted by molar-refractivity contribution is 7.17. The number of nitro benzene ring substituents is 1. The predicted molar refractivity (Wildman–Crippen MR) is 109 cm³/mol. The van der Waals surface area contributed by atoms with Gasteiger partial charge in [0.05, 0.1) is 17.1 Å². The van der Waals surface area contributed by atoms with E-state index in [0.29, 0.717) is 16.3 Å². The van der Waals surface area contributed by atoms with Crippen LogP contribution >= 0.6 is 11.3 Å². The van der Waals surface area contributed by atoms with Crippen LogP contribution in [0.25, 0.3) is 0 Å². The largest absolute Gasteiger partial charge is 0.484 e. The van der Waals surface area contributed by atoms with Gasteiger partial charge in [0.15, 0.2) is 6.61 Å². The summed E-state index contributed by atoms with van der Waals surface area (Å²) in [7, 11) is 0. The van der Waals surface area contributed by atoms with Gasteiger partial charge in [-0.3, -0.25) is 14.9 Å². The van der Waals surface area contributed by atoms with Crippen LogP contribution < -0.4 is 10.1 Å². The van der Waals surface area contributed by atoms with Crippen molar-refractivity contribution in [1.82, 2.24) is 0 Å². The monoisotopic (exact) mass is 418 g/mol. The smallest absolute Gasteiger partial charge is 0.341 e. The van der Waals surface area contributed by atoms with Crippen LogP contribution in [-0.2, 0) is 22.4 Å². The number of carbonyl (C=O) groups excluding carboxylic acids is 2. The van der Waals surface area contributed by atoms with Gasteiger partial charge >= 0.3 is 5.97 Å². The van der Waals surface area contributed by atoms with E-state index in [1.54, 1.807) is 6.92 Å².